The van der Waals surface area contributed by atoms with Crippen LogP contribution in [0.3, 0.4) is 0 Å². The SMILES string of the molecule is N#CCC(=O)c1cc2ccc(F)cc2n1Sc1ccccc1. The van der Waals surface area contributed by atoms with Gasteiger partial charge in [-0.3, -0.25) is 8.77 Å². The predicted octanol–water partition coefficient (Wildman–Crippen LogP) is 4.43. The number of ketones is 1. The number of hydrogen-bond acceptors (Lipinski definition) is 3. The van der Waals surface area contributed by atoms with Gasteiger partial charge in [0, 0.05) is 10.3 Å². The van der Waals surface area contributed by atoms with E-state index in [2.05, 4.69) is 0 Å². The van der Waals surface area contributed by atoms with Gasteiger partial charge in [-0.1, -0.05) is 18.2 Å². The summed E-state index contributed by atoms with van der Waals surface area (Å²) in [5, 5.41) is 9.52. The minimum absolute atomic E-state index is 0.200. The molecule has 0 N–H and O–H groups in total. The third-order valence-electron chi connectivity index (χ3n) is 3.19. The number of halogens is 1. The summed E-state index contributed by atoms with van der Waals surface area (Å²) in [6, 6.07) is 17.5. The van der Waals surface area contributed by atoms with Gasteiger partial charge in [0.25, 0.3) is 0 Å². The fraction of sp³-hybridized carbons (Fsp3) is 0.0588. The standard InChI is InChI=1S/C17H11FN2OS/c18-13-7-6-12-10-16(17(21)8-9-19)20(15(12)11-13)22-14-4-2-1-3-5-14/h1-7,10-11H,8H2. The lowest BCUT2D eigenvalue weighted by Gasteiger charge is -2.08. The van der Waals surface area contributed by atoms with Crippen LogP contribution in [0, 0.1) is 17.1 Å². The Balaban J connectivity index is 2.15. The van der Waals surface area contributed by atoms with Crippen LogP contribution in [-0.4, -0.2) is 9.76 Å². The largest absolute Gasteiger partial charge is 0.291 e. The van der Waals surface area contributed by atoms with E-state index in [1.54, 1.807) is 16.1 Å². The van der Waals surface area contributed by atoms with E-state index in [0.29, 0.717) is 11.2 Å². The van der Waals surface area contributed by atoms with E-state index in [1.165, 1.54) is 24.1 Å². The lowest BCUT2D eigenvalue weighted by Crippen LogP contribution is -2.03. The average molecular weight is 310 g/mol. The van der Waals surface area contributed by atoms with E-state index < -0.39 is 0 Å². The summed E-state index contributed by atoms with van der Waals surface area (Å²) < 4.78 is 15.2. The number of Topliss-reactive ketones (excluding diaryl/α,β-unsaturated/α-hetero) is 1. The van der Waals surface area contributed by atoms with Crippen molar-refractivity contribution < 1.29 is 9.18 Å². The number of hydrogen-bond donors (Lipinski definition) is 0. The minimum atomic E-state index is -0.361. The summed E-state index contributed by atoms with van der Waals surface area (Å²) >= 11 is 1.33. The molecule has 0 spiro atoms. The van der Waals surface area contributed by atoms with Crippen molar-refractivity contribution in [3.8, 4) is 6.07 Å². The van der Waals surface area contributed by atoms with Crippen molar-refractivity contribution >= 4 is 28.6 Å². The fourth-order valence-corrected chi connectivity index (χ4v) is 3.19. The van der Waals surface area contributed by atoms with Gasteiger partial charge in [0.1, 0.15) is 12.2 Å². The third-order valence-corrected chi connectivity index (χ3v) is 4.25. The molecule has 1 heterocycles. The second kappa shape index (κ2) is 6.04. The Bertz CT molecular complexity index is 881. The lowest BCUT2D eigenvalue weighted by atomic mass is 10.2. The average Bonchev–Trinajstić information content (AvgIpc) is 2.87. The highest BCUT2D eigenvalue weighted by atomic mass is 32.2. The Morgan fingerprint density at radius 1 is 1.18 bits per heavy atom. The van der Waals surface area contributed by atoms with Crippen LogP contribution in [0.1, 0.15) is 16.9 Å². The van der Waals surface area contributed by atoms with Crippen LogP contribution < -0.4 is 0 Å². The molecule has 0 aliphatic heterocycles. The Hall–Kier alpha value is -2.58. The molecule has 1 aromatic heterocycles. The van der Waals surface area contributed by atoms with Gasteiger partial charge < -0.3 is 0 Å². The summed E-state index contributed by atoms with van der Waals surface area (Å²) in [7, 11) is 0. The highest BCUT2D eigenvalue weighted by molar-refractivity contribution is 7.98. The van der Waals surface area contributed by atoms with Gasteiger partial charge >= 0.3 is 0 Å². The molecule has 0 saturated heterocycles. The van der Waals surface area contributed by atoms with Gasteiger partial charge in [-0.2, -0.15) is 5.26 Å². The lowest BCUT2D eigenvalue weighted by molar-refractivity contribution is 0.0993. The van der Waals surface area contributed by atoms with Crippen molar-refractivity contribution in [1.29, 1.82) is 5.26 Å². The van der Waals surface area contributed by atoms with E-state index in [4.69, 9.17) is 5.26 Å². The summed E-state index contributed by atoms with van der Waals surface area (Å²) in [5.74, 6) is -0.637. The van der Waals surface area contributed by atoms with Gasteiger partial charge in [-0.25, -0.2) is 4.39 Å². The number of nitrogens with zero attached hydrogens (tertiary/aromatic N) is 2. The summed E-state index contributed by atoms with van der Waals surface area (Å²) in [6.07, 6.45) is -0.200. The molecule has 0 fully saturated rings. The summed E-state index contributed by atoms with van der Waals surface area (Å²) in [4.78, 5) is 13.1. The zero-order valence-corrected chi connectivity index (χ0v) is 12.3. The zero-order valence-electron chi connectivity index (χ0n) is 11.5. The number of carbonyl (C=O) groups is 1. The highest BCUT2D eigenvalue weighted by Crippen LogP contribution is 2.30. The van der Waals surface area contributed by atoms with Gasteiger partial charge in [0.2, 0.25) is 0 Å². The van der Waals surface area contributed by atoms with E-state index in [0.717, 1.165) is 10.3 Å². The molecule has 22 heavy (non-hydrogen) atoms. The molecule has 3 aromatic rings. The molecule has 0 aliphatic rings. The van der Waals surface area contributed by atoms with Crippen molar-refractivity contribution in [3.63, 3.8) is 0 Å². The van der Waals surface area contributed by atoms with Gasteiger partial charge in [-0.05, 0) is 48.3 Å². The number of rotatable bonds is 4. The molecular formula is C17H11FN2OS. The number of carbonyl (C=O) groups excluding carboxylic acids is 1. The Morgan fingerprint density at radius 3 is 2.68 bits per heavy atom. The number of fused-ring (bicyclic) bond motifs is 1. The van der Waals surface area contributed by atoms with Crippen LogP contribution in [0.2, 0.25) is 0 Å². The molecule has 0 radical (unpaired) electrons. The van der Waals surface area contributed by atoms with Crippen molar-refractivity contribution in [1.82, 2.24) is 3.97 Å². The first kappa shape index (κ1) is 14.4. The third kappa shape index (κ3) is 2.74. The molecule has 5 heteroatoms. The van der Waals surface area contributed by atoms with Gasteiger partial charge in [0.15, 0.2) is 5.78 Å². The predicted molar refractivity (Wildman–Crippen MR) is 84.2 cm³/mol. The molecule has 0 aliphatic carbocycles. The molecular weight excluding hydrogens is 299 g/mol. The summed E-state index contributed by atoms with van der Waals surface area (Å²) in [6.45, 7) is 0. The van der Waals surface area contributed by atoms with Crippen molar-refractivity contribution in [2.24, 2.45) is 0 Å². The van der Waals surface area contributed by atoms with Gasteiger partial charge in [0.05, 0.1) is 17.3 Å². The second-order valence-electron chi connectivity index (χ2n) is 4.69. The van der Waals surface area contributed by atoms with Crippen LogP contribution in [-0.2, 0) is 0 Å². The smallest absolute Gasteiger partial charge is 0.194 e. The minimum Gasteiger partial charge on any atom is -0.291 e. The highest BCUT2D eigenvalue weighted by Gasteiger charge is 2.17. The Kier molecular flexibility index (Phi) is 3.94. The number of aromatic nitrogens is 1. The molecule has 2 aromatic carbocycles. The first-order valence-electron chi connectivity index (χ1n) is 6.63. The molecule has 0 bridgehead atoms. The maximum atomic E-state index is 13.6. The van der Waals surface area contributed by atoms with Crippen LogP contribution in [0.15, 0.2) is 59.5 Å². The Morgan fingerprint density at radius 2 is 1.95 bits per heavy atom. The molecule has 0 saturated carbocycles. The zero-order chi connectivity index (χ0) is 15.5. The van der Waals surface area contributed by atoms with Crippen LogP contribution >= 0.6 is 11.9 Å². The normalized spacial score (nSPS) is 10.5. The molecule has 3 rings (SSSR count). The monoisotopic (exact) mass is 310 g/mol. The topological polar surface area (TPSA) is 45.8 Å². The first-order chi connectivity index (χ1) is 10.7. The van der Waals surface area contributed by atoms with E-state index >= 15 is 0 Å². The van der Waals surface area contributed by atoms with Crippen LogP contribution in [0.4, 0.5) is 4.39 Å². The van der Waals surface area contributed by atoms with E-state index in [1.807, 2.05) is 36.4 Å². The van der Waals surface area contributed by atoms with Crippen LogP contribution in [0.25, 0.3) is 10.9 Å². The summed E-state index contributed by atoms with van der Waals surface area (Å²) in [5.41, 5.74) is 1.02. The van der Waals surface area contributed by atoms with Crippen molar-refractivity contribution in [2.45, 2.75) is 11.3 Å². The molecule has 0 atom stereocenters. The van der Waals surface area contributed by atoms with Crippen molar-refractivity contribution in [3.05, 3.63) is 66.1 Å². The van der Waals surface area contributed by atoms with Crippen molar-refractivity contribution in [2.75, 3.05) is 0 Å². The molecule has 0 unspecified atom stereocenters. The van der Waals surface area contributed by atoms with E-state index in [9.17, 15) is 9.18 Å². The fourth-order valence-electron chi connectivity index (χ4n) is 2.19. The maximum absolute atomic E-state index is 13.6. The molecule has 3 nitrogen and oxygen atoms in total. The number of benzene rings is 2. The van der Waals surface area contributed by atoms with Gasteiger partial charge in [-0.15, -0.1) is 0 Å². The van der Waals surface area contributed by atoms with Crippen LogP contribution in [0.5, 0.6) is 0 Å². The first-order valence-corrected chi connectivity index (χ1v) is 7.41. The Labute approximate surface area is 131 Å². The quantitative estimate of drug-likeness (QED) is 0.670. The maximum Gasteiger partial charge on any atom is 0.194 e. The second-order valence-corrected chi connectivity index (χ2v) is 5.71. The number of nitriles is 1. The molecule has 108 valence electrons. The van der Waals surface area contributed by atoms with E-state index in [-0.39, 0.29) is 18.0 Å². The molecule has 0 amide bonds.